The minimum absolute atomic E-state index is 0.348. The summed E-state index contributed by atoms with van der Waals surface area (Å²) in [5.41, 5.74) is 13.4. The van der Waals surface area contributed by atoms with Crippen molar-refractivity contribution in [3.8, 4) is 44.5 Å². The van der Waals surface area contributed by atoms with Crippen LogP contribution in [0.4, 0.5) is 51.7 Å². The molecule has 2 nitrogen and oxygen atoms in total. The summed E-state index contributed by atoms with van der Waals surface area (Å²) in [6, 6.07) is 72.7. The molecular weight excluding hydrogens is 897 g/mol. The predicted molar refractivity (Wildman–Crippen MR) is 291 cm³/mol. The van der Waals surface area contributed by atoms with Gasteiger partial charge in [0, 0.05) is 33.5 Å². The fourth-order valence-electron chi connectivity index (χ4n) is 10.2. The molecule has 0 spiro atoms. The summed E-state index contributed by atoms with van der Waals surface area (Å²) in [5, 5.41) is 6.29. The summed E-state index contributed by atoms with van der Waals surface area (Å²) in [6.45, 7) is 4.13. The van der Waals surface area contributed by atoms with Crippen LogP contribution in [0.2, 0.25) is 0 Å². The van der Waals surface area contributed by atoms with Crippen molar-refractivity contribution in [2.24, 2.45) is 0 Å². The normalized spacial score (nSPS) is 11.5. The van der Waals surface area contributed by atoms with E-state index in [9.17, 15) is 17.6 Å². The first-order valence-electron chi connectivity index (χ1n) is 23.9. The Labute approximate surface area is 415 Å². The molecule has 72 heavy (non-hydrogen) atoms. The van der Waals surface area contributed by atoms with Gasteiger partial charge in [0.05, 0.1) is 11.4 Å². The highest BCUT2D eigenvalue weighted by molar-refractivity contribution is 6.28. The monoisotopic (exact) mass is 940 g/mol. The van der Waals surface area contributed by atoms with Crippen molar-refractivity contribution in [2.45, 2.75) is 13.8 Å². The van der Waals surface area contributed by atoms with E-state index >= 15 is 0 Å². The van der Waals surface area contributed by atoms with Crippen LogP contribution in [0.5, 0.6) is 0 Å². The second kappa shape index (κ2) is 18.1. The van der Waals surface area contributed by atoms with Crippen molar-refractivity contribution in [3.63, 3.8) is 0 Å². The molecule has 0 bridgehead atoms. The Morgan fingerprint density at radius 1 is 0.264 bits per heavy atom. The van der Waals surface area contributed by atoms with E-state index < -0.39 is 0 Å². The topological polar surface area (TPSA) is 6.48 Å². The van der Waals surface area contributed by atoms with Crippen LogP contribution in [0.25, 0.3) is 76.8 Å². The number of nitrogens with zero attached hydrogens (tertiary/aromatic N) is 2. The van der Waals surface area contributed by atoms with E-state index in [1.54, 1.807) is 24.3 Å². The SMILES string of the molecule is Cc1ccc(N(c2cc(-c3cccc(F)c3)cc(-c3cccc(F)c3)c2)c2ccc3ccc4c(N(c5ccc(C)cc5)c5cc(-c6cccc(F)c6)cc(-c6cccc(F)c6)c5)ccc5ccc2c3c54)cc1. The third-order valence-electron chi connectivity index (χ3n) is 13.7. The molecule has 0 aliphatic carbocycles. The largest absolute Gasteiger partial charge is 0.310 e. The van der Waals surface area contributed by atoms with Crippen molar-refractivity contribution >= 4 is 66.4 Å². The van der Waals surface area contributed by atoms with Gasteiger partial charge in [-0.1, -0.05) is 120 Å². The van der Waals surface area contributed by atoms with E-state index in [-0.39, 0.29) is 23.3 Å². The standard InChI is InChI=1S/C66H44F4N2/c1-41-15-23-57(24-16-41)71(59-37-49(45-7-3-11-53(67)33-45)31-50(38-59)46-8-4-12-54(68)34-46)63-29-21-43-20-28-62-64(30-22-44-19-27-61(63)65(43)66(44)62)72(58-25-17-42(2)18-26-58)60-39-51(47-9-5-13-55(69)35-47)32-52(40-60)48-10-6-14-56(70)36-48/h3-40H,1-2H3. The molecule has 12 rings (SSSR count). The Balaban J connectivity index is 1.10. The van der Waals surface area contributed by atoms with Gasteiger partial charge in [0.1, 0.15) is 23.3 Å². The van der Waals surface area contributed by atoms with Crippen LogP contribution < -0.4 is 9.80 Å². The van der Waals surface area contributed by atoms with Crippen LogP contribution >= 0.6 is 0 Å². The predicted octanol–water partition coefficient (Wildman–Crippen LogP) is 19.4. The average molecular weight is 941 g/mol. The van der Waals surface area contributed by atoms with Crippen LogP contribution in [-0.4, -0.2) is 0 Å². The zero-order valence-corrected chi connectivity index (χ0v) is 39.3. The van der Waals surface area contributed by atoms with Crippen LogP contribution in [0.3, 0.4) is 0 Å². The van der Waals surface area contributed by atoms with E-state index in [4.69, 9.17) is 0 Å². The summed E-state index contributed by atoms with van der Waals surface area (Å²) in [4.78, 5) is 4.48. The number of anilines is 6. The summed E-state index contributed by atoms with van der Waals surface area (Å²) >= 11 is 0. The van der Waals surface area contributed by atoms with Crippen LogP contribution in [0.15, 0.2) is 231 Å². The molecule has 0 saturated heterocycles. The molecule has 0 aliphatic rings. The molecule has 12 aromatic carbocycles. The summed E-state index contributed by atoms with van der Waals surface area (Å²) in [5.74, 6) is -1.39. The van der Waals surface area contributed by atoms with Gasteiger partial charge in [-0.05, 0) is 201 Å². The molecule has 0 amide bonds. The minimum Gasteiger partial charge on any atom is -0.310 e. The lowest BCUT2D eigenvalue weighted by molar-refractivity contribution is 0.628. The summed E-state index contributed by atoms with van der Waals surface area (Å²) in [6.07, 6.45) is 0. The first kappa shape index (κ1) is 44.2. The van der Waals surface area contributed by atoms with E-state index in [0.717, 1.165) is 99.8 Å². The Bertz CT molecular complexity index is 3620. The molecule has 0 aliphatic heterocycles. The van der Waals surface area contributed by atoms with Crippen LogP contribution in [0, 0.1) is 37.1 Å². The van der Waals surface area contributed by atoms with Crippen molar-refractivity contribution in [1.29, 1.82) is 0 Å². The van der Waals surface area contributed by atoms with Gasteiger partial charge in [0.25, 0.3) is 0 Å². The highest BCUT2D eigenvalue weighted by Gasteiger charge is 2.24. The maximum absolute atomic E-state index is 14.9. The van der Waals surface area contributed by atoms with E-state index in [0.29, 0.717) is 22.3 Å². The molecule has 0 unspecified atom stereocenters. The molecule has 12 aromatic rings. The Morgan fingerprint density at radius 2 is 0.569 bits per heavy atom. The maximum Gasteiger partial charge on any atom is 0.123 e. The molecule has 6 heteroatoms. The van der Waals surface area contributed by atoms with Gasteiger partial charge >= 0.3 is 0 Å². The van der Waals surface area contributed by atoms with Crippen molar-refractivity contribution < 1.29 is 17.6 Å². The fraction of sp³-hybridized carbons (Fsp3) is 0.0303. The number of hydrogen-bond donors (Lipinski definition) is 0. The van der Waals surface area contributed by atoms with Gasteiger partial charge in [0.15, 0.2) is 0 Å². The lowest BCUT2D eigenvalue weighted by Crippen LogP contribution is -2.12. The lowest BCUT2D eigenvalue weighted by Gasteiger charge is -2.30. The van der Waals surface area contributed by atoms with E-state index in [1.807, 2.05) is 36.4 Å². The molecule has 0 atom stereocenters. The van der Waals surface area contributed by atoms with Crippen molar-refractivity contribution in [3.05, 3.63) is 265 Å². The third-order valence-corrected chi connectivity index (χ3v) is 13.7. The van der Waals surface area contributed by atoms with Gasteiger partial charge < -0.3 is 9.80 Å². The number of aryl methyl sites for hydroxylation is 2. The quantitative estimate of drug-likeness (QED) is 0.0996. The first-order valence-corrected chi connectivity index (χ1v) is 23.9. The van der Waals surface area contributed by atoms with Crippen molar-refractivity contribution in [1.82, 2.24) is 0 Å². The molecular formula is C66H44F4N2. The fourth-order valence-corrected chi connectivity index (χ4v) is 10.2. The number of benzene rings is 12. The summed E-state index contributed by atoms with van der Waals surface area (Å²) in [7, 11) is 0. The van der Waals surface area contributed by atoms with Gasteiger partial charge in [-0.2, -0.15) is 0 Å². The maximum atomic E-state index is 14.9. The second-order valence-corrected chi connectivity index (χ2v) is 18.5. The highest BCUT2D eigenvalue weighted by atomic mass is 19.1. The van der Waals surface area contributed by atoms with Gasteiger partial charge in [0.2, 0.25) is 0 Å². The van der Waals surface area contributed by atoms with Gasteiger partial charge in [-0.25, -0.2) is 17.6 Å². The lowest BCUT2D eigenvalue weighted by atomic mass is 9.91. The van der Waals surface area contributed by atoms with E-state index in [2.05, 4.69) is 145 Å². The van der Waals surface area contributed by atoms with Crippen LogP contribution in [0.1, 0.15) is 11.1 Å². The number of hydrogen-bond acceptors (Lipinski definition) is 2. The molecule has 0 N–H and O–H groups in total. The minimum atomic E-state index is -0.348. The zero-order valence-electron chi connectivity index (χ0n) is 39.3. The Kier molecular flexibility index (Phi) is 11.1. The molecule has 0 heterocycles. The highest BCUT2D eigenvalue weighted by Crippen LogP contribution is 2.49. The van der Waals surface area contributed by atoms with Crippen molar-refractivity contribution in [2.75, 3.05) is 9.80 Å². The number of rotatable bonds is 10. The molecule has 0 radical (unpaired) electrons. The first-order chi connectivity index (χ1) is 35.1. The Morgan fingerprint density at radius 3 is 0.875 bits per heavy atom. The van der Waals surface area contributed by atoms with Gasteiger partial charge in [-0.15, -0.1) is 0 Å². The summed E-state index contributed by atoms with van der Waals surface area (Å²) < 4.78 is 59.7. The molecule has 0 fully saturated rings. The van der Waals surface area contributed by atoms with Gasteiger partial charge in [-0.3, -0.25) is 0 Å². The molecule has 0 aromatic heterocycles. The molecule has 0 saturated carbocycles. The zero-order chi connectivity index (χ0) is 49.0. The van der Waals surface area contributed by atoms with E-state index in [1.165, 1.54) is 48.5 Å². The smallest absolute Gasteiger partial charge is 0.123 e. The second-order valence-electron chi connectivity index (χ2n) is 18.5. The third kappa shape index (κ3) is 8.27. The number of halogens is 4. The Hall–Kier alpha value is -9.00. The average Bonchev–Trinajstić information content (AvgIpc) is 3.39. The van der Waals surface area contributed by atoms with Crippen LogP contribution in [-0.2, 0) is 0 Å². The molecule has 346 valence electrons.